The van der Waals surface area contributed by atoms with Crippen molar-refractivity contribution in [2.24, 2.45) is 0 Å². The van der Waals surface area contributed by atoms with Crippen molar-refractivity contribution in [2.45, 2.75) is 11.3 Å². The molecular weight excluding hydrogens is 220 g/mol. The Morgan fingerprint density at radius 3 is 2.94 bits per heavy atom. The van der Waals surface area contributed by atoms with Crippen molar-refractivity contribution >= 4 is 11.8 Å². The second-order valence-electron chi connectivity index (χ2n) is 3.70. The van der Waals surface area contributed by atoms with Crippen LogP contribution in [0.25, 0.3) is 11.3 Å². The molecule has 0 fully saturated rings. The lowest BCUT2D eigenvalue weighted by Crippen LogP contribution is -2.00. The molecule has 1 aromatic carbocycles. The predicted molar refractivity (Wildman–Crippen MR) is 64.8 cm³/mol. The van der Waals surface area contributed by atoms with Crippen molar-refractivity contribution in [3.05, 3.63) is 52.4 Å². The summed E-state index contributed by atoms with van der Waals surface area (Å²) in [6.45, 7) is 0. The minimum absolute atomic E-state index is 0.277. The first-order chi connectivity index (χ1) is 7.84. The molecule has 1 aliphatic rings. The maximum absolute atomic E-state index is 11.3. The van der Waals surface area contributed by atoms with E-state index in [0.717, 1.165) is 29.1 Å². The summed E-state index contributed by atoms with van der Waals surface area (Å²) in [6.07, 6.45) is 0.943. The topological polar surface area (TPSA) is 30.2 Å². The van der Waals surface area contributed by atoms with Gasteiger partial charge in [-0.25, -0.2) is 4.79 Å². The minimum atomic E-state index is -0.277. The quantitative estimate of drug-likeness (QED) is 0.697. The van der Waals surface area contributed by atoms with Crippen LogP contribution >= 0.6 is 11.8 Å². The minimum Gasteiger partial charge on any atom is -0.422 e. The van der Waals surface area contributed by atoms with Crippen molar-refractivity contribution in [3.63, 3.8) is 0 Å². The zero-order chi connectivity index (χ0) is 11.0. The fourth-order valence-corrected chi connectivity index (χ4v) is 2.95. The summed E-state index contributed by atoms with van der Waals surface area (Å²) < 4.78 is 5.34. The number of hydrogen-bond acceptors (Lipinski definition) is 3. The summed E-state index contributed by atoms with van der Waals surface area (Å²) in [7, 11) is 0. The van der Waals surface area contributed by atoms with Crippen LogP contribution < -0.4 is 5.63 Å². The maximum Gasteiger partial charge on any atom is 0.336 e. The molecule has 0 radical (unpaired) electrons. The van der Waals surface area contributed by atoms with E-state index in [4.69, 9.17) is 4.42 Å². The molecule has 2 heterocycles. The fraction of sp³-hybridized carbons (Fsp3) is 0.154. The van der Waals surface area contributed by atoms with Crippen LogP contribution in [0, 0.1) is 0 Å². The van der Waals surface area contributed by atoms with E-state index in [9.17, 15) is 4.79 Å². The van der Waals surface area contributed by atoms with Gasteiger partial charge in [0.25, 0.3) is 0 Å². The van der Waals surface area contributed by atoms with Gasteiger partial charge in [0.05, 0.1) is 0 Å². The molecule has 0 amide bonds. The third-order valence-electron chi connectivity index (χ3n) is 2.68. The van der Waals surface area contributed by atoms with Crippen molar-refractivity contribution in [2.75, 3.05) is 5.75 Å². The summed E-state index contributed by atoms with van der Waals surface area (Å²) in [5, 5.41) is 0. The molecule has 0 bridgehead atoms. The van der Waals surface area contributed by atoms with E-state index in [1.54, 1.807) is 0 Å². The zero-order valence-electron chi connectivity index (χ0n) is 8.60. The Morgan fingerprint density at radius 1 is 1.12 bits per heavy atom. The van der Waals surface area contributed by atoms with E-state index in [-0.39, 0.29) is 5.63 Å². The second kappa shape index (κ2) is 3.83. The number of hydrogen-bond donors (Lipinski definition) is 0. The smallest absolute Gasteiger partial charge is 0.336 e. The molecule has 1 aromatic heterocycles. The number of fused-ring (bicyclic) bond motifs is 3. The molecule has 0 spiro atoms. The van der Waals surface area contributed by atoms with E-state index in [2.05, 4.69) is 6.07 Å². The maximum atomic E-state index is 11.3. The first-order valence-electron chi connectivity index (χ1n) is 5.20. The summed E-state index contributed by atoms with van der Waals surface area (Å²) in [4.78, 5) is 12.5. The standard InChI is InChI=1S/C13H10O2S/c14-12-6-5-9-7-8-16-11-4-2-1-3-10(11)13(9)15-12/h1-6H,7-8H2. The van der Waals surface area contributed by atoms with Gasteiger partial charge in [0.15, 0.2) is 0 Å². The molecule has 0 atom stereocenters. The van der Waals surface area contributed by atoms with E-state index >= 15 is 0 Å². The van der Waals surface area contributed by atoms with Crippen molar-refractivity contribution < 1.29 is 4.42 Å². The summed E-state index contributed by atoms with van der Waals surface area (Å²) in [5.41, 5.74) is 1.88. The van der Waals surface area contributed by atoms with Gasteiger partial charge in [0, 0.05) is 22.3 Å². The molecule has 3 rings (SSSR count). The number of benzene rings is 1. The third kappa shape index (κ3) is 1.57. The Hall–Kier alpha value is -1.48. The van der Waals surface area contributed by atoms with Crippen LogP contribution in [0.1, 0.15) is 5.56 Å². The number of aryl methyl sites for hydroxylation is 1. The van der Waals surface area contributed by atoms with Crippen LogP contribution in [0.4, 0.5) is 0 Å². The molecule has 16 heavy (non-hydrogen) atoms. The molecule has 0 saturated carbocycles. The van der Waals surface area contributed by atoms with Crippen molar-refractivity contribution in [1.82, 2.24) is 0 Å². The average molecular weight is 230 g/mol. The highest BCUT2D eigenvalue weighted by atomic mass is 32.2. The van der Waals surface area contributed by atoms with E-state index in [0.29, 0.717) is 0 Å². The normalized spacial score (nSPS) is 13.8. The van der Waals surface area contributed by atoms with Gasteiger partial charge in [-0.3, -0.25) is 0 Å². The van der Waals surface area contributed by atoms with Crippen LogP contribution in [0.5, 0.6) is 0 Å². The zero-order valence-corrected chi connectivity index (χ0v) is 9.42. The highest BCUT2D eigenvalue weighted by molar-refractivity contribution is 7.99. The van der Waals surface area contributed by atoms with Gasteiger partial charge in [-0.2, -0.15) is 0 Å². The summed E-state index contributed by atoms with van der Waals surface area (Å²) in [5.74, 6) is 1.77. The molecule has 2 nitrogen and oxygen atoms in total. The fourth-order valence-electron chi connectivity index (χ4n) is 1.92. The van der Waals surface area contributed by atoms with Crippen LogP contribution in [0.3, 0.4) is 0 Å². The Balaban J connectivity index is 2.32. The molecule has 0 aliphatic carbocycles. The Labute approximate surface area is 97.3 Å². The Kier molecular flexibility index (Phi) is 2.33. The van der Waals surface area contributed by atoms with E-state index < -0.39 is 0 Å². The van der Waals surface area contributed by atoms with Gasteiger partial charge >= 0.3 is 5.63 Å². The Morgan fingerprint density at radius 2 is 2.00 bits per heavy atom. The summed E-state index contributed by atoms with van der Waals surface area (Å²) in [6, 6.07) is 11.4. The van der Waals surface area contributed by atoms with Crippen molar-refractivity contribution in [1.29, 1.82) is 0 Å². The second-order valence-corrected chi connectivity index (χ2v) is 4.84. The van der Waals surface area contributed by atoms with Gasteiger partial charge in [-0.15, -0.1) is 11.8 Å². The largest absolute Gasteiger partial charge is 0.422 e. The van der Waals surface area contributed by atoms with E-state index in [1.165, 1.54) is 11.0 Å². The highest BCUT2D eigenvalue weighted by Gasteiger charge is 2.16. The highest BCUT2D eigenvalue weighted by Crippen LogP contribution is 2.36. The first kappa shape index (κ1) is 9.73. The molecule has 80 valence electrons. The molecule has 3 heteroatoms. The third-order valence-corrected chi connectivity index (χ3v) is 3.75. The van der Waals surface area contributed by atoms with Crippen LogP contribution in [-0.4, -0.2) is 5.75 Å². The lowest BCUT2D eigenvalue weighted by Gasteiger charge is -2.05. The van der Waals surface area contributed by atoms with Gasteiger partial charge in [0.1, 0.15) is 5.76 Å². The molecule has 2 aromatic rings. The lowest BCUT2D eigenvalue weighted by molar-refractivity contribution is 0.519. The van der Waals surface area contributed by atoms with Gasteiger partial charge in [-0.05, 0) is 24.1 Å². The summed E-state index contributed by atoms with van der Waals surface area (Å²) >= 11 is 1.81. The van der Waals surface area contributed by atoms with E-state index in [1.807, 2.05) is 36.0 Å². The molecular formula is C13H10O2S. The SMILES string of the molecule is O=c1ccc2c(o1)-c1ccccc1SCC2. The number of rotatable bonds is 0. The first-order valence-corrected chi connectivity index (χ1v) is 6.18. The van der Waals surface area contributed by atoms with Gasteiger partial charge in [0.2, 0.25) is 0 Å². The average Bonchev–Trinajstić information content (AvgIpc) is 2.48. The van der Waals surface area contributed by atoms with Crippen LogP contribution in [-0.2, 0) is 6.42 Å². The van der Waals surface area contributed by atoms with Crippen molar-refractivity contribution in [3.8, 4) is 11.3 Å². The molecule has 1 aliphatic heterocycles. The van der Waals surface area contributed by atoms with Crippen LogP contribution in [0.2, 0.25) is 0 Å². The van der Waals surface area contributed by atoms with Gasteiger partial charge in [-0.1, -0.05) is 18.2 Å². The Bertz CT molecular complexity index is 586. The molecule has 0 saturated heterocycles. The number of thioether (sulfide) groups is 1. The lowest BCUT2D eigenvalue weighted by atomic mass is 10.1. The molecule has 0 N–H and O–H groups in total. The van der Waals surface area contributed by atoms with Crippen LogP contribution in [0.15, 0.2) is 50.5 Å². The van der Waals surface area contributed by atoms with Gasteiger partial charge < -0.3 is 4.42 Å². The molecule has 0 unspecified atom stereocenters. The predicted octanol–water partition coefficient (Wildman–Crippen LogP) is 2.96. The monoisotopic (exact) mass is 230 g/mol.